The summed E-state index contributed by atoms with van der Waals surface area (Å²) >= 11 is 0. The Morgan fingerprint density at radius 3 is 2.56 bits per heavy atom. The molecule has 166 valence electrons. The van der Waals surface area contributed by atoms with Crippen LogP contribution < -0.4 is 10.2 Å². The number of fused-ring (bicyclic) bond motifs is 1. The maximum atomic E-state index is 12.3. The molecule has 2 saturated heterocycles. The summed E-state index contributed by atoms with van der Waals surface area (Å²) in [6.07, 6.45) is -1.74. The predicted molar refractivity (Wildman–Crippen MR) is 116 cm³/mol. The van der Waals surface area contributed by atoms with Crippen molar-refractivity contribution < 1.29 is 19.0 Å². The molecule has 2 fully saturated rings. The SMILES string of the molecule is CN(C)c1ccc(-c2nnnn2[C@H]2CO[C@H]3[C@@H]2OC[C@H]3OC(=O)Nc2ccccc2)cc1. The summed E-state index contributed by atoms with van der Waals surface area (Å²) in [4.78, 5) is 14.3. The number of benzene rings is 2. The highest BCUT2D eigenvalue weighted by Crippen LogP contribution is 2.37. The monoisotopic (exact) mass is 436 g/mol. The van der Waals surface area contributed by atoms with E-state index in [-0.39, 0.29) is 24.9 Å². The van der Waals surface area contributed by atoms with Crippen molar-refractivity contribution >= 4 is 17.5 Å². The minimum absolute atomic E-state index is 0.218. The largest absolute Gasteiger partial charge is 0.441 e. The molecule has 3 heterocycles. The van der Waals surface area contributed by atoms with Crippen molar-refractivity contribution in [1.29, 1.82) is 0 Å². The molecule has 0 aliphatic carbocycles. The molecule has 1 amide bonds. The second-order valence-corrected chi connectivity index (χ2v) is 7.99. The molecule has 0 spiro atoms. The summed E-state index contributed by atoms with van der Waals surface area (Å²) in [6.45, 7) is 0.617. The van der Waals surface area contributed by atoms with Gasteiger partial charge in [-0.3, -0.25) is 5.32 Å². The Kier molecular flexibility index (Phi) is 5.46. The molecule has 2 aromatic carbocycles. The number of aromatic nitrogens is 4. The molecule has 2 aliphatic rings. The number of hydrogen-bond acceptors (Lipinski definition) is 8. The van der Waals surface area contributed by atoms with E-state index in [1.807, 2.05) is 61.5 Å². The molecule has 10 nitrogen and oxygen atoms in total. The zero-order chi connectivity index (χ0) is 22.1. The number of rotatable bonds is 5. The maximum Gasteiger partial charge on any atom is 0.412 e. The molecule has 2 aliphatic heterocycles. The smallest absolute Gasteiger partial charge is 0.412 e. The Morgan fingerprint density at radius 2 is 1.81 bits per heavy atom. The van der Waals surface area contributed by atoms with Crippen LogP contribution in [0.25, 0.3) is 11.4 Å². The number of carbonyl (C=O) groups excluding carboxylic acids is 1. The van der Waals surface area contributed by atoms with Crippen LogP contribution in [0, 0.1) is 0 Å². The quantitative estimate of drug-likeness (QED) is 0.650. The first-order chi connectivity index (χ1) is 15.6. The van der Waals surface area contributed by atoms with E-state index in [2.05, 4.69) is 20.8 Å². The third-order valence-corrected chi connectivity index (χ3v) is 5.71. The molecule has 32 heavy (non-hydrogen) atoms. The van der Waals surface area contributed by atoms with Gasteiger partial charge in [0.15, 0.2) is 11.9 Å². The van der Waals surface area contributed by atoms with Crippen molar-refractivity contribution in [2.75, 3.05) is 37.5 Å². The number of hydrogen-bond donors (Lipinski definition) is 1. The van der Waals surface area contributed by atoms with Crippen LogP contribution in [-0.4, -0.2) is 71.9 Å². The van der Waals surface area contributed by atoms with E-state index >= 15 is 0 Å². The lowest BCUT2D eigenvalue weighted by Gasteiger charge is -2.18. The van der Waals surface area contributed by atoms with Crippen LogP contribution in [0.3, 0.4) is 0 Å². The second-order valence-electron chi connectivity index (χ2n) is 7.99. The number of amides is 1. The first-order valence-corrected chi connectivity index (χ1v) is 10.4. The number of carbonyl (C=O) groups is 1. The normalized spacial score (nSPS) is 24.2. The lowest BCUT2D eigenvalue weighted by atomic mass is 10.1. The van der Waals surface area contributed by atoms with Crippen molar-refractivity contribution in [3.05, 3.63) is 54.6 Å². The summed E-state index contributed by atoms with van der Waals surface area (Å²) in [5.74, 6) is 0.638. The summed E-state index contributed by atoms with van der Waals surface area (Å²) in [5, 5.41) is 15.0. The molecule has 4 atom stereocenters. The first kappa shape index (κ1) is 20.4. The average Bonchev–Trinajstić information content (AvgIpc) is 3.52. The van der Waals surface area contributed by atoms with Crippen LogP contribution in [0.4, 0.5) is 16.2 Å². The summed E-state index contributed by atoms with van der Waals surface area (Å²) in [6, 6.07) is 16.9. The van der Waals surface area contributed by atoms with E-state index in [1.165, 1.54) is 0 Å². The van der Waals surface area contributed by atoms with Gasteiger partial charge in [-0.15, -0.1) is 5.10 Å². The van der Waals surface area contributed by atoms with Crippen molar-refractivity contribution in [1.82, 2.24) is 20.2 Å². The molecular weight excluding hydrogens is 412 g/mol. The Labute approximate surface area is 185 Å². The van der Waals surface area contributed by atoms with Gasteiger partial charge in [0, 0.05) is 31.0 Å². The molecule has 10 heteroatoms. The minimum Gasteiger partial charge on any atom is -0.441 e. The van der Waals surface area contributed by atoms with Crippen molar-refractivity contribution in [2.24, 2.45) is 0 Å². The third kappa shape index (κ3) is 3.90. The molecule has 5 rings (SSSR count). The average molecular weight is 436 g/mol. The van der Waals surface area contributed by atoms with Gasteiger partial charge in [-0.25, -0.2) is 9.48 Å². The van der Waals surface area contributed by atoms with Gasteiger partial charge in [-0.1, -0.05) is 18.2 Å². The van der Waals surface area contributed by atoms with Crippen molar-refractivity contribution in [2.45, 2.75) is 24.4 Å². The van der Waals surface area contributed by atoms with Gasteiger partial charge in [-0.05, 0) is 46.8 Å². The highest BCUT2D eigenvalue weighted by molar-refractivity contribution is 5.84. The molecule has 0 radical (unpaired) electrons. The highest BCUT2D eigenvalue weighted by atomic mass is 16.6. The van der Waals surface area contributed by atoms with Gasteiger partial charge in [0.1, 0.15) is 18.2 Å². The van der Waals surface area contributed by atoms with Crippen LogP contribution >= 0.6 is 0 Å². The second kappa shape index (κ2) is 8.56. The molecule has 1 aromatic heterocycles. The van der Waals surface area contributed by atoms with Crippen LogP contribution in [-0.2, 0) is 14.2 Å². The molecule has 0 saturated carbocycles. The van der Waals surface area contributed by atoms with Crippen LogP contribution in [0.1, 0.15) is 6.04 Å². The Morgan fingerprint density at radius 1 is 1.06 bits per heavy atom. The highest BCUT2D eigenvalue weighted by Gasteiger charge is 2.51. The van der Waals surface area contributed by atoms with E-state index < -0.39 is 12.2 Å². The number of ether oxygens (including phenoxy) is 3. The summed E-state index contributed by atoms with van der Waals surface area (Å²) in [7, 11) is 3.98. The predicted octanol–water partition coefficient (Wildman–Crippen LogP) is 2.36. The van der Waals surface area contributed by atoms with Gasteiger partial charge in [0.2, 0.25) is 0 Å². The number of para-hydroxylation sites is 1. The van der Waals surface area contributed by atoms with E-state index in [0.717, 1.165) is 11.3 Å². The summed E-state index contributed by atoms with van der Waals surface area (Å²) in [5.41, 5.74) is 2.65. The van der Waals surface area contributed by atoms with Gasteiger partial charge in [-0.2, -0.15) is 0 Å². The number of nitrogens with one attached hydrogen (secondary N) is 1. The van der Waals surface area contributed by atoms with Gasteiger partial charge >= 0.3 is 6.09 Å². The van der Waals surface area contributed by atoms with Crippen molar-refractivity contribution in [3.63, 3.8) is 0 Å². The van der Waals surface area contributed by atoms with Crippen LogP contribution in [0.2, 0.25) is 0 Å². The van der Waals surface area contributed by atoms with Crippen LogP contribution in [0.15, 0.2) is 54.6 Å². The maximum absolute atomic E-state index is 12.3. The van der Waals surface area contributed by atoms with E-state index in [1.54, 1.807) is 16.8 Å². The first-order valence-electron chi connectivity index (χ1n) is 10.4. The van der Waals surface area contributed by atoms with E-state index in [4.69, 9.17) is 14.2 Å². The standard InChI is InChI=1S/C22H24N6O4/c1-27(2)16-10-8-14(9-11-16)21-24-25-26-28(21)17-12-30-20-18(13-31-19(17)20)32-22(29)23-15-6-4-3-5-7-15/h3-11,17-20H,12-13H2,1-2H3,(H,23,29)/t17-,18+,19+,20+/m0/s1. The zero-order valence-electron chi connectivity index (χ0n) is 17.8. The zero-order valence-corrected chi connectivity index (χ0v) is 17.8. The fourth-order valence-electron chi connectivity index (χ4n) is 4.08. The van der Waals surface area contributed by atoms with Gasteiger partial charge < -0.3 is 19.1 Å². The molecule has 0 bridgehead atoms. The number of tetrazole rings is 1. The number of nitrogens with zero attached hydrogens (tertiary/aromatic N) is 5. The molecule has 3 aromatic rings. The van der Waals surface area contributed by atoms with Crippen molar-refractivity contribution in [3.8, 4) is 11.4 Å². The minimum atomic E-state index is -0.540. The topological polar surface area (TPSA) is 104 Å². The Hall–Kier alpha value is -3.50. The van der Waals surface area contributed by atoms with Gasteiger partial charge in [0.25, 0.3) is 0 Å². The lowest BCUT2D eigenvalue weighted by Crippen LogP contribution is -2.35. The third-order valence-electron chi connectivity index (χ3n) is 5.71. The molecular formula is C22H24N6O4. The molecule has 0 unspecified atom stereocenters. The van der Waals surface area contributed by atoms with E-state index in [9.17, 15) is 4.79 Å². The summed E-state index contributed by atoms with van der Waals surface area (Å²) < 4.78 is 19.2. The van der Waals surface area contributed by atoms with Gasteiger partial charge in [0.05, 0.1) is 13.2 Å². The lowest BCUT2D eigenvalue weighted by molar-refractivity contribution is 0.00774. The number of anilines is 2. The van der Waals surface area contributed by atoms with E-state index in [0.29, 0.717) is 18.1 Å². The Bertz CT molecular complexity index is 1070. The van der Waals surface area contributed by atoms with Crippen LogP contribution in [0.5, 0.6) is 0 Å². The molecule has 1 N–H and O–H groups in total. The Balaban J connectivity index is 1.27. The fourth-order valence-corrected chi connectivity index (χ4v) is 4.08. The fraction of sp³-hybridized carbons (Fsp3) is 0.364.